The van der Waals surface area contributed by atoms with E-state index < -0.39 is 0 Å². The molecule has 3 nitrogen and oxygen atoms in total. The summed E-state index contributed by atoms with van der Waals surface area (Å²) in [5, 5.41) is 0. The van der Waals surface area contributed by atoms with Crippen molar-refractivity contribution in [2.45, 2.75) is 31.8 Å². The second kappa shape index (κ2) is 4.55. The molecule has 1 aromatic rings. The summed E-state index contributed by atoms with van der Waals surface area (Å²) in [7, 11) is 0. The lowest BCUT2D eigenvalue weighted by Crippen LogP contribution is -2.17. The van der Waals surface area contributed by atoms with Gasteiger partial charge >= 0.3 is 0 Å². The number of hydrogen-bond acceptors (Lipinski definition) is 3. The zero-order valence-electron chi connectivity index (χ0n) is 8.63. The van der Waals surface area contributed by atoms with Crippen LogP contribution in [0, 0.1) is 0 Å². The molecular formula is C12H14O3. The molecule has 0 unspecified atom stereocenters. The molecule has 1 aliphatic heterocycles. The fraction of sp³-hybridized carbons (Fsp3) is 0.417. The zero-order chi connectivity index (χ0) is 10.7. The molecule has 0 saturated carbocycles. The molecule has 3 atom stereocenters. The molecule has 80 valence electrons. The van der Waals surface area contributed by atoms with Crippen molar-refractivity contribution < 1.29 is 14.3 Å². The summed E-state index contributed by atoms with van der Waals surface area (Å²) in [5.74, 6) is 0. The molecule has 15 heavy (non-hydrogen) atoms. The number of benzene rings is 1. The van der Waals surface area contributed by atoms with Gasteiger partial charge in [0.25, 0.3) is 0 Å². The Bertz CT molecular complexity index is 323. The van der Waals surface area contributed by atoms with Gasteiger partial charge in [-0.2, -0.15) is 0 Å². The lowest BCUT2D eigenvalue weighted by molar-refractivity contribution is -0.108. The van der Waals surface area contributed by atoms with E-state index in [1.54, 1.807) is 0 Å². The predicted molar refractivity (Wildman–Crippen MR) is 55.4 cm³/mol. The van der Waals surface area contributed by atoms with E-state index in [9.17, 15) is 4.79 Å². The minimum absolute atomic E-state index is 0.0274. The molecule has 0 bridgehead atoms. The summed E-state index contributed by atoms with van der Waals surface area (Å²) < 4.78 is 10.7. The first-order chi connectivity index (χ1) is 7.31. The molecule has 0 amide bonds. The van der Waals surface area contributed by atoms with Crippen LogP contribution in [0.5, 0.6) is 0 Å². The summed E-state index contributed by atoms with van der Waals surface area (Å²) in [6.45, 7) is 2.49. The zero-order valence-corrected chi connectivity index (χ0v) is 8.63. The van der Waals surface area contributed by atoms with E-state index in [1.165, 1.54) is 0 Å². The molecule has 1 fully saturated rings. The largest absolute Gasteiger partial charge is 0.371 e. The molecule has 1 saturated heterocycles. The van der Waals surface area contributed by atoms with E-state index in [-0.39, 0.29) is 18.3 Å². The lowest BCUT2D eigenvalue weighted by Gasteiger charge is -2.09. The molecule has 0 N–H and O–H groups in total. The van der Waals surface area contributed by atoms with Crippen LogP contribution < -0.4 is 0 Å². The smallest absolute Gasteiger partial charge is 0.151 e. The second-order valence-electron chi connectivity index (χ2n) is 3.70. The maximum atomic E-state index is 10.4. The van der Waals surface area contributed by atoms with Gasteiger partial charge in [-0.3, -0.25) is 0 Å². The van der Waals surface area contributed by atoms with Crippen molar-refractivity contribution in [2.75, 3.05) is 0 Å². The van der Waals surface area contributed by atoms with Crippen LogP contribution in [-0.2, 0) is 20.9 Å². The molecule has 1 heterocycles. The summed E-state index contributed by atoms with van der Waals surface area (Å²) in [6, 6.07) is 9.95. The topological polar surface area (TPSA) is 38.8 Å². The van der Waals surface area contributed by atoms with Crippen LogP contribution >= 0.6 is 0 Å². The summed E-state index contributed by atoms with van der Waals surface area (Å²) in [4.78, 5) is 10.4. The van der Waals surface area contributed by atoms with Crippen molar-refractivity contribution in [1.29, 1.82) is 0 Å². The third-order valence-electron chi connectivity index (χ3n) is 2.51. The van der Waals surface area contributed by atoms with E-state index in [0.717, 1.165) is 11.8 Å². The molecule has 0 spiro atoms. The fourth-order valence-electron chi connectivity index (χ4n) is 1.52. The molecule has 3 heteroatoms. The number of carbonyl (C=O) groups excluding carboxylic acids is 1. The van der Waals surface area contributed by atoms with Gasteiger partial charge in [-0.1, -0.05) is 30.3 Å². The average molecular weight is 206 g/mol. The molecule has 0 radical (unpaired) electrons. The monoisotopic (exact) mass is 206 g/mol. The van der Waals surface area contributed by atoms with E-state index in [4.69, 9.17) is 9.47 Å². The van der Waals surface area contributed by atoms with Crippen LogP contribution in [0.25, 0.3) is 0 Å². The van der Waals surface area contributed by atoms with Gasteiger partial charge in [0.05, 0.1) is 12.7 Å². The van der Waals surface area contributed by atoms with Crippen molar-refractivity contribution in [3.8, 4) is 0 Å². The Labute approximate surface area is 89.0 Å². The third-order valence-corrected chi connectivity index (χ3v) is 2.51. The Morgan fingerprint density at radius 1 is 1.47 bits per heavy atom. The maximum absolute atomic E-state index is 10.4. The Morgan fingerprint density at radius 2 is 2.20 bits per heavy atom. The number of ether oxygens (including phenoxy) is 2. The Kier molecular flexibility index (Phi) is 3.14. The Balaban J connectivity index is 1.77. The molecular weight excluding hydrogens is 192 g/mol. The normalized spacial score (nSPS) is 25.9. The lowest BCUT2D eigenvalue weighted by atomic mass is 10.2. The number of epoxide rings is 1. The van der Waals surface area contributed by atoms with Gasteiger partial charge in [0, 0.05) is 0 Å². The first kappa shape index (κ1) is 10.3. The van der Waals surface area contributed by atoms with Crippen molar-refractivity contribution in [2.24, 2.45) is 0 Å². The first-order valence-corrected chi connectivity index (χ1v) is 5.07. The second-order valence-corrected chi connectivity index (χ2v) is 3.70. The number of aldehydes is 1. The van der Waals surface area contributed by atoms with Crippen LogP contribution in [0.4, 0.5) is 0 Å². The molecule has 2 rings (SSSR count). The number of rotatable bonds is 5. The molecule has 0 aromatic heterocycles. The highest BCUT2D eigenvalue weighted by molar-refractivity contribution is 5.60. The molecule has 1 aromatic carbocycles. The van der Waals surface area contributed by atoms with Gasteiger partial charge < -0.3 is 14.3 Å². The minimum atomic E-state index is -0.254. The highest BCUT2D eigenvalue weighted by atomic mass is 16.6. The van der Waals surface area contributed by atoms with Gasteiger partial charge in [-0.15, -0.1) is 0 Å². The quantitative estimate of drug-likeness (QED) is 0.542. The fourth-order valence-corrected chi connectivity index (χ4v) is 1.52. The van der Waals surface area contributed by atoms with Crippen molar-refractivity contribution in [3.05, 3.63) is 35.9 Å². The minimum Gasteiger partial charge on any atom is -0.371 e. The summed E-state index contributed by atoms with van der Waals surface area (Å²) >= 11 is 0. The third kappa shape index (κ3) is 2.64. The highest BCUT2D eigenvalue weighted by Gasteiger charge is 2.43. The molecule has 1 aliphatic rings. The predicted octanol–water partition coefficient (Wildman–Crippen LogP) is 1.56. The van der Waals surface area contributed by atoms with Crippen LogP contribution in [-0.4, -0.2) is 24.6 Å². The van der Waals surface area contributed by atoms with Crippen LogP contribution in [0.15, 0.2) is 30.3 Å². The number of hydrogen-bond donors (Lipinski definition) is 0. The van der Waals surface area contributed by atoms with Crippen LogP contribution in [0.3, 0.4) is 0 Å². The SMILES string of the molecule is C[C@H](OCc1ccccc1)[C@@H]1O[C@H]1C=O. The van der Waals surface area contributed by atoms with Gasteiger partial charge in [0.15, 0.2) is 6.29 Å². The van der Waals surface area contributed by atoms with Gasteiger partial charge in [0.1, 0.15) is 12.2 Å². The average Bonchev–Trinajstić information content (AvgIpc) is 3.06. The van der Waals surface area contributed by atoms with Gasteiger partial charge in [0.2, 0.25) is 0 Å². The number of carbonyl (C=O) groups is 1. The summed E-state index contributed by atoms with van der Waals surface area (Å²) in [6.07, 6.45) is 0.495. The van der Waals surface area contributed by atoms with Crippen LogP contribution in [0.2, 0.25) is 0 Å². The Morgan fingerprint density at radius 3 is 2.80 bits per heavy atom. The van der Waals surface area contributed by atoms with E-state index in [0.29, 0.717) is 6.61 Å². The maximum Gasteiger partial charge on any atom is 0.151 e. The van der Waals surface area contributed by atoms with Gasteiger partial charge in [-0.05, 0) is 12.5 Å². The standard InChI is InChI=1S/C12H14O3/c1-9(12-11(7-13)15-12)14-8-10-5-3-2-4-6-10/h2-7,9,11-12H,8H2,1H3/t9-,11-,12-/m0/s1. The van der Waals surface area contributed by atoms with E-state index >= 15 is 0 Å². The van der Waals surface area contributed by atoms with E-state index in [1.807, 2.05) is 37.3 Å². The molecule has 0 aliphatic carbocycles. The Hall–Kier alpha value is -1.19. The summed E-state index contributed by atoms with van der Waals surface area (Å²) in [5.41, 5.74) is 1.13. The van der Waals surface area contributed by atoms with E-state index in [2.05, 4.69) is 0 Å². The van der Waals surface area contributed by atoms with Crippen molar-refractivity contribution in [3.63, 3.8) is 0 Å². The van der Waals surface area contributed by atoms with Gasteiger partial charge in [-0.25, -0.2) is 0 Å². The highest BCUT2D eigenvalue weighted by Crippen LogP contribution is 2.25. The van der Waals surface area contributed by atoms with Crippen LogP contribution in [0.1, 0.15) is 12.5 Å². The van der Waals surface area contributed by atoms with Crippen molar-refractivity contribution >= 4 is 6.29 Å². The first-order valence-electron chi connectivity index (χ1n) is 5.07. The van der Waals surface area contributed by atoms with Crippen molar-refractivity contribution in [1.82, 2.24) is 0 Å².